The molecule has 1 aromatic heterocycles. The Morgan fingerprint density at radius 2 is 1.97 bits per heavy atom. The first kappa shape index (κ1) is 21.6. The molecule has 31 heavy (non-hydrogen) atoms. The minimum atomic E-state index is -0.862. The highest BCUT2D eigenvalue weighted by Gasteiger charge is 2.35. The van der Waals surface area contributed by atoms with E-state index >= 15 is 4.39 Å². The van der Waals surface area contributed by atoms with Gasteiger partial charge in [-0.25, -0.2) is 4.39 Å². The lowest BCUT2D eigenvalue weighted by Gasteiger charge is -2.31. The van der Waals surface area contributed by atoms with E-state index in [-0.39, 0.29) is 28.5 Å². The van der Waals surface area contributed by atoms with Crippen LogP contribution in [-0.2, 0) is 6.42 Å². The number of hydrogen-bond acceptors (Lipinski definition) is 4. The number of benzene rings is 1. The molecule has 0 bridgehead atoms. The van der Waals surface area contributed by atoms with Crippen molar-refractivity contribution < 1.29 is 19.1 Å². The topological polar surface area (TPSA) is 97.3 Å². The summed E-state index contributed by atoms with van der Waals surface area (Å²) in [5.74, 6) is -1.49. The third kappa shape index (κ3) is 3.99. The zero-order valence-electron chi connectivity index (χ0n) is 18.3. The predicted octanol–water partition coefficient (Wildman–Crippen LogP) is 3.89. The first-order chi connectivity index (χ1) is 14.6. The van der Waals surface area contributed by atoms with E-state index < -0.39 is 17.8 Å². The van der Waals surface area contributed by atoms with Gasteiger partial charge in [-0.3, -0.25) is 9.59 Å². The molecule has 1 amide bonds. The molecule has 6 nitrogen and oxygen atoms in total. The van der Waals surface area contributed by atoms with Crippen molar-refractivity contribution in [2.24, 2.45) is 11.1 Å². The minimum Gasteiger partial charge on any atom is -0.391 e. The van der Waals surface area contributed by atoms with Crippen LogP contribution in [0.2, 0.25) is 0 Å². The Morgan fingerprint density at radius 1 is 1.26 bits per heavy atom. The maximum atomic E-state index is 15.1. The summed E-state index contributed by atoms with van der Waals surface area (Å²) in [5.41, 5.74) is 8.28. The van der Waals surface area contributed by atoms with Crippen LogP contribution in [0.3, 0.4) is 0 Å². The van der Waals surface area contributed by atoms with Gasteiger partial charge in [-0.2, -0.15) is 0 Å². The van der Waals surface area contributed by atoms with Crippen LogP contribution in [-0.4, -0.2) is 33.5 Å². The fourth-order valence-corrected chi connectivity index (χ4v) is 5.08. The van der Waals surface area contributed by atoms with Crippen LogP contribution in [0.1, 0.15) is 77.9 Å². The number of ketones is 1. The number of carbonyl (C=O) groups is 2. The molecule has 2 aliphatic carbocycles. The van der Waals surface area contributed by atoms with E-state index in [1.54, 1.807) is 6.07 Å². The number of nitrogens with one attached hydrogen (secondary N) is 1. The van der Waals surface area contributed by atoms with Crippen molar-refractivity contribution >= 4 is 17.4 Å². The summed E-state index contributed by atoms with van der Waals surface area (Å²) in [6.45, 7) is 5.99. The summed E-state index contributed by atoms with van der Waals surface area (Å²) in [5, 5.41) is 13.5. The molecule has 4 N–H and O–H groups in total. The number of primary amides is 1. The van der Waals surface area contributed by atoms with Crippen LogP contribution in [0.4, 0.5) is 10.1 Å². The summed E-state index contributed by atoms with van der Waals surface area (Å²) < 4.78 is 16.9. The molecule has 0 aliphatic heterocycles. The normalized spacial score (nSPS) is 22.8. The van der Waals surface area contributed by atoms with Crippen molar-refractivity contribution in [1.82, 2.24) is 4.57 Å². The van der Waals surface area contributed by atoms with Crippen LogP contribution in [0.5, 0.6) is 0 Å². The molecule has 7 heteroatoms. The monoisotopic (exact) mass is 427 g/mol. The zero-order chi connectivity index (χ0) is 22.5. The molecular formula is C24H30FN3O3. The van der Waals surface area contributed by atoms with Crippen molar-refractivity contribution in [3.8, 4) is 5.69 Å². The predicted molar refractivity (Wildman–Crippen MR) is 117 cm³/mol. The molecule has 0 radical (unpaired) electrons. The Morgan fingerprint density at radius 3 is 2.65 bits per heavy atom. The van der Waals surface area contributed by atoms with Crippen LogP contribution >= 0.6 is 0 Å². The molecule has 2 aromatic rings. The number of halogens is 1. The maximum Gasteiger partial charge on any atom is 0.253 e. The van der Waals surface area contributed by atoms with Gasteiger partial charge in [-0.05, 0) is 49.3 Å². The number of aliphatic hydroxyl groups excluding tert-OH is 1. The largest absolute Gasteiger partial charge is 0.391 e. The summed E-state index contributed by atoms with van der Waals surface area (Å²) in [6.07, 6.45) is 5.72. The fraction of sp³-hybridized carbons (Fsp3) is 0.500. The SMILES string of the molecule is Cc1cn(-c2cc(F)c(C(N)=O)c(NC3CCCCC3O)c2)c2c1C(=O)CC(C)(C)C2. The fourth-order valence-electron chi connectivity index (χ4n) is 5.08. The number of aromatic nitrogens is 1. The van der Waals surface area contributed by atoms with Gasteiger partial charge in [-0.1, -0.05) is 26.7 Å². The number of rotatable bonds is 4. The Hall–Kier alpha value is -2.67. The third-order valence-corrected chi connectivity index (χ3v) is 6.53. The van der Waals surface area contributed by atoms with Gasteiger partial charge >= 0.3 is 0 Å². The van der Waals surface area contributed by atoms with Crippen LogP contribution in [0, 0.1) is 18.2 Å². The average molecular weight is 428 g/mol. The van der Waals surface area contributed by atoms with Gasteiger partial charge in [0.05, 0.1) is 29.1 Å². The molecule has 4 rings (SSSR count). The van der Waals surface area contributed by atoms with Gasteiger partial charge in [0.2, 0.25) is 0 Å². The van der Waals surface area contributed by atoms with E-state index in [2.05, 4.69) is 19.2 Å². The lowest BCUT2D eigenvalue weighted by Crippen LogP contribution is -2.37. The molecule has 1 fully saturated rings. The average Bonchev–Trinajstić information content (AvgIpc) is 2.98. The molecule has 2 atom stereocenters. The Balaban J connectivity index is 1.82. The Bertz CT molecular complexity index is 1060. The summed E-state index contributed by atoms with van der Waals surface area (Å²) in [6, 6.07) is 2.70. The second-order valence-electron chi connectivity index (χ2n) is 9.76. The molecule has 0 saturated heterocycles. The Kier molecular flexibility index (Phi) is 5.41. The number of carbonyl (C=O) groups excluding carboxylic acids is 2. The Labute approximate surface area is 181 Å². The summed E-state index contributed by atoms with van der Waals surface area (Å²) >= 11 is 0. The number of nitrogens with two attached hydrogens (primary N) is 1. The molecule has 1 aromatic carbocycles. The first-order valence-corrected chi connectivity index (χ1v) is 10.9. The van der Waals surface area contributed by atoms with E-state index in [1.807, 2.05) is 17.7 Å². The molecule has 2 unspecified atom stereocenters. The first-order valence-electron chi connectivity index (χ1n) is 10.9. The van der Waals surface area contributed by atoms with E-state index in [0.29, 0.717) is 30.5 Å². The van der Waals surface area contributed by atoms with Crippen molar-refractivity contribution in [3.05, 3.63) is 46.5 Å². The second kappa shape index (κ2) is 7.79. The lowest BCUT2D eigenvalue weighted by molar-refractivity contribution is 0.0909. The highest BCUT2D eigenvalue weighted by molar-refractivity contribution is 6.01. The van der Waals surface area contributed by atoms with E-state index in [1.165, 1.54) is 6.07 Å². The van der Waals surface area contributed by atoms with Crippen LogP contribution in [0.25, 0.3) is 5.69 Å². The number of aliphatic hydroxyl groups is 1. The zero-order valence-corrected chi connectivity index (χ0v) is 18.3. The number of hydrogen-bond donors (Lipinski definition) is 3. The van der Waals surface area contributed by atoms with Gasteiger partial charge in [-0.15, -0.1) is 0 Å². The van der Waals surface area contributed by atoms with E-state index in [4.69, 9.17) is 5.73 Å². The maximum absolute atomic E-state index is 15.1. The number of amides is 1. The van der Waals surface area contributed by atoms with Gasteiger partial charge in [0.25, 0.3) is 5.91 Å². The van der Waals surface area contributed by atoms with E-state index in [9.17, 15) is 14.7 Å². The van der Waals surface area contributed by atoms with Crippen molar-refractivity contribution in [3.63, 3.8) is 0 Å². The summed E-state index contributed by atoms with van der Waals surface area (Å²) in [7, 11) is 0. The van der Waals surface area contributed by atoms with Gasteiger partial charge in [0.1, 0.15) is 5.82 Å². The number of fused-ring (bicyclic) bond motifs is 1. The second-order valence-corrected chi connectivity index (χ2v) is 9.76. The highest BCUT2D eigenvalue weighted by atomic mass is 19.1. The molecule has 1 heterocycles. The minimum absolute atomic E-state index is 0.0976. The standard InChI is InChI=1S/C24H30FN3O3/c1-13-12-28(18-10-24(2,3)11-20(30)21(13)18)14-8-15(25)22(23(26)31)17(9-14)27-16-6-4-5-7-19(16)29/h8-9,12,16,19,27,29H,4-7,10-11H2,1-3H3,(H2,26,31). The highest BCUT2D eigenvalue weighted by Crippen LogP contribution is 2.39. The molecule has 166 valence electrons. The third-order valence-electron chi connectivity index (χ3n) is 6.53. The quantitative estimate of drug-likeness (QED) is 0.689. The van der Waals surface area contributed by atoms with Crippen molar-refractivity contribution in [1.29, 1.82) is 0 Å². The van der Waals surface area contributed by atoms with Gasteiger partial charge in [0, 0.05) is 23.9 Å². The molecular weight excluding hydrogens is 397 g/mol. The molecule has 2 aliphatic rings. The molecule has 0 spiro atoms. The van der Waals surface area contributed by atoms with E-state index in [0.717, 1.165) is 30.5 Å². The van der Waals surface area contributed by atoms with Crippen molar-refractivity contribution in [2.45, 2.75) is 71.4 Å². The van der Waals surface area contributed by atoms with Crippen molar-refractivity contribution in [2.75, 3.05) is 5.32 Å². The van der Waals surface area contributed by atoms with Crippen LogP contribution < -0.4 is 11.1 Å². The lowest BCUT2D eigenvalue weighted by atomic mass is 9.75. The summed E-state index contributed by atoms with van der Waals surface area (Å²) in [4.78, 5) is 24.8. The molecule has 1 saturated carbocycles. The van der Waals surface area contributed by atoms with Crippen LogP contribution in [0.15, 0.2) is 18.3 Å². The number of nitrogens with zero attached hydrogens (tertiary/aromatic N) is 1. The van der Waals surface area contributed by atoms with Gasteiger partial charge in [0.15, 0.2) is 5.78 Å². The number of Topliss-reactive ketones (excluding diaryl/α,β-unsaturated/α-hetero) is 1. The number of aryl methyl sites for hydroxylation is 1. The number of anilines is 1. The smallest absolute Gasteiger partial charge is 0.253 e. The van der Waals surface area contributed by atoms with Gasteiger partial charge < -0.3 is 20.7 Å².